The van der Waals surface area contributed by atoms with Crippen molar-refractivity contribution in [1.82, 2.24) is 4.90 Å². The third-order valence-electron chi connectivity index (χ3n) is 7.23. The van der Waals surface area contributed by atoms with E-state index in [-0.39, 0.29) is 17.1 Å². The first-order chi connectivity index (χ1) is 15.9. The van der Waals surface area contributed by atoms with Gasteiger partial charge in [0.15, 0.2) is 17.3 Å². The number of fused-ring (bicyclic) bond motifs is 5. The summed E-state index contributed by atoms with van der Waals surface area (Å²) < 4.78 is 12.0. The van der Waals surface area contributed by atoms with Gasteiger partial charge < -0.3 is 14.4 Å². The van der Waals surface area contributed by atoms with E-state index >= 15 is 0 Å². The van der Waals surface area contributed by atoms with Crippen molar-refractivity contribution in [3.05, 3.63) is 75.5 Å². The summed E-state index contributed by atoms with van der Waals surface area (Å²) in [5.41, 5.74) is 6.84. The molecular formula is C28H28ClNO3. The quantitative estimate of drug-likeness (QED) is 0.511. The van der Waals surface area contributed by atoms with Gasteiger partial charge in [0.05, 0.1) is 13.2 Å². The molecule has 0 N–H and O–H groups in total. The predicted molar refractivity (Wildman–Crippen MR) is 130 cm³/mol. The summed E-state index contributed by atoms with van der Waals surface area (Å²) >= 11 is 6.18. The fourth-order valence-corrected chi connectivity index (χ4v) is 5.85. The molecule has 6 rings (SSSR count). The molecule has 2 aromatic carbocycles. The zero-order valence-electron chi connectivity index (χ0n) is 19.1. The van der Waals surface area contributed by atoms with Gasteiger partial charge in [-0.1, -0.05) is 37.6 Å². The molecule has 0 spiro atoms. The van der Waals surface area contributed by atoms with Gasteiger partial charge in [0.25, 0.3) is 0 Å². The topological polar surface area (TPSA) is 38.8 Å². The lowest BCUT2D eigenvalue weighted by atomic mass is 9.69. The molecule has 1 aliphatic carbocycles. The smallest absolute Gasteiger partial charge is 0.162 e. The standard InChI is InChI=1S/C28H28ClNO3/c1-28(2)15-23-27(24(31)16-28)21(17-4-6-19(29)7-5-17)13-22-20-14-26-25(32-10-3-11-33-26)12-18(20)8-9-30(22)23/h4-7,12-14,21H,3,8-11,15-16H2,1-2H3. The summed E-state index contributed by atoms with van der Waals surface area (Å²) in [6, 6.07) is 12.2. The van der Waals surface area contributed by atoms with Gasteiger partial charge >= 0.3 is 0 Å². The zero-order valence-corrected chi connectivity index (χ0v) is 19.9. The lowest BCUT2D eigenvalue weighted by Crippen LogP contribution is -2.40. The molecule has 0 saturated heterocycles. The molecule has 0 amide bonds. The number of carbonyl (C=O) groups excluding carboxylic acids is 1. The normalized spacial score (nSPS) is 23.2. The minimum atomic E-state index is -0.0750. The maximum Gasteiger partial charge on any atom is 0.162 e. The van der Waals surface area contributed by atoms with Crippen LogP contribution in [-0.4, -0.2) is 30.4 Å². The number of halogens is 1. The largest absolute Gasteiger partial charge is 0.490 e. The van der Waals surface area contributed by atoms with Crippen LogP contribution < -0.4 is 9.47 Å². The van der Waals surface area contributed by atoms with Crippen molar-refractivity contribution >= 4 is 23.1 Å². The predicted octanol–water partition coefficient (Wildman–Crippen LogP) is 6.14. The van der Waals surface area contributed by atoms with Crippen LogP contribution in [0.2, 0.25) is 5.02 Å². The van der Waals surface area contributed by atoms with Gasteiger partial charge in [0.1, 0.15) is 0 Å². The first-order valence-electron chi connectivity index (χ1n) is 11.8. The van der Waals surface area contributed by atoms with E-state index in [1.807, 2.05) is 12.1 Å². The highest BCUT2D eigenvalue weighted by molar-refractivity contribution is 6.30. The SMILES string of the molecule is CC1(C)CC(=O)C2=C(C1)N1CCc3cc4c(cc3C1=CC2c1ccc(Cl)cc1)OCCCO4. The molecule has 170 valence electrons. The molecule has 5 heteroatoms. The molecule has 2 aromatic rings. The number of allylic oxidation sites excluding steroid dienone is 3. The van der Waals surface area contributed by atoms with E-state index in [9.17, 15) is 4.79 Å². The molecule has 3 aliphatic heterocycles. The Balaban J connectivity index is 1.52. The van der Waals surface area contributed by atoms with E-state index in [2.05, 4.69) is 49.1 Å². The van der Waals surface area contributed by atoms with Crippen LogP contribution in [0.1, 0.15) is 55.7 Å². The van der Waals surface area contributed by atoms with Crippen LogP contribution in [0, 0.1) is 5.41 Å². The van der Waals surface area contributed by atoms with Gasteiger partial charge in [-0.05, 0) is 59.7 Å². The number of hydrogen-bond acceptors (Lipinski definition) is 4. The maximum atomic E-state index is 13.5. The molecule has 33 heavy (non-hydrogen) atoms. The summed E-state index contributed by atoms with van der Waals surface area (Å²) in [4.78, 5) is 15.9. The van der Waals surface area contributed by atoms with Gasteiger partial charge in [-0.15, -0.1) is 0 Å². The number of hydrogen-bond donors (Lipinski definition) is 0. The van der Waals surface area contributed by atoms with Crippen LogP contribution in [0.25, 0.3) is 5.70 Å². The fourth-order valence-electron chi connectivity index (χ4n) is 5.72. The minimum Gasteiger partial charge on any atom is -0.490 e. The summed E-state index contributed by atoms with van der Waals surface area (Å²) in [6.07, 6.45) is 5.57. The Kier molecular flexibility index (Phi) is 4.84. The summed E-state index contributed by atoms with van der Waals surface area (Å²) in [5.74, 6) is 1.85. The number of rotatable bonds is 1. The Morgan fingerprint density at radius 3 is 2.52 bits per heavy atom. The Morgan fingerprint density at radius 2 is 1.76 bits per heavy atom. The maximum absolute atomic E-state index is 13.5. The van der Waals surface area contributed by atoms with E-state index in [1.165, 1.54) is 22.5 Å². The van der Waals surface area contributed by atoms with Crippen molar-refractivity contribution in [3.8, 4) is 11.5 Å². The van der Waals surface area contributed by atoms with Crippen LogP contribution in [0.3, 0.4) is 0 Å². The number of ether oxygens (including phenoxy) is 2. The second kappa shape index (κ2) is 7.66. The van der Waals surface area contributed by atoms with Crippen LogP contribution >= 0.6 is 11.6 Å². The zero-order chi connectivity index (χ0) is 22.7. The van der Waals surface area contributed by atoms with Crippen LogP contribution in [-0.2, 0) is 11.2 Å². The van der Waals surface area contributed by atoms with Crippen molar-refractivity contribution in [3.63, 3.8) is 0 Å². The number of benzene rings is 2. The number of nitrogens with zero attached hydrogens (tertiary/aromatic N) is 1. The first-order valence-corrected chi connectivity index (χ1v) is 12.2. The number of ketones is 1. The second-order valence-electron chi connectivity index (χ2n) is 10.3. The van der Waals surface area contributed by atoms with Crippen molar-refractivity contribution in [2.75, 3.05) is 19.8 Å². The molecule has 1 unspecified atom stereocenters. The molecule has 3 heterocycles. The van der Waals surface area contributed by atoms with Crippen molar-refractivity contribution in [2.24, 2.45) is 5.41 Å². The highest BCUT2D eigenvalue weighted by Crippen LogP contribution is 2.51. The minimum absolute atomic E-state index is 0.0477. The molecule has 1 atom stereocenters. The lowest BCUT2D eigenvalue weighted by molar-refractivity contribution is -0.118. The third kappa shape index (κ3) is 3.56. The van der Waals surface area contributed by atoms with Gasteiger partial charge in [-0.2, -0.15) is 0 Å². The van der Waals surface area contributed by atoms with E-state index in [1.54, 1.807) is 0 Å². The highest BCUT2D eigenvalue weighted by Gasteiger charge is 2.42. The monoisotopic (exact) mass is 461 g/mol. The molecule has 0 radical (unpaired) electrons. The summed E-state index contributed by atoms with van der Waals surface area (Å²) in [7, 11) is 0. The van der Waals surface area contributed by atoms with Crippen molar-refractivity contribution in [1.29, 1.82) is 0 Å². The third-order valence-corrected chi connectivity index (χ3v) is 7.48. The Labute approximate surface area is 199 Å². The fraction of sp³-hybridized carbons (Fsp3) is 0.393. The Morgan fingerprint density at radius 1 is 1.03 bits per heavy atom. The van der Waals surface area contributed by atoms with Gasteiger partial charge in [-0.25, -0.2) is 0 Å². The van der Waals surface area contributed by atoms with E-state index < -0.39 is 0 Å². The van der Waals surface area contributed by atoms with Gasteiger partial charge in [0, 0.05) is 52.9 Å². The van der Waals surface area contributed by atoms with Crippen LogP contribution in [0.15, 0.2) is 53.7 Å². The lowest BCUT2D eigenvalue weighted by Gasteiger charge is -2.46. The Hall–Kier alpha value is -2.72. The highest BCUT2D eigenvalue weighted by atomic mass is 35.5. The average molecular weight is 462 g/mol. The molecule has 0 bridgehead atoms. The van der Waals surface area contributed by atoms with E-state index in [0.29, 0.717) is 24.7 Å². The van der Waals surface area contributed by atoms with Crippen LogP contribution in [0.5, 0.6) is 11.5 Å². The second-order valence-corrected chi connectivity index (χ2v) is 10.7. The number of Topliss-reactive ketones (excluding diaryl/α,β-unsaturated/α-hetero) is 1. The number of carbonyl (C=O) groups is 1. The van der Waals surface area contributed by atoms with Crippen molar-refractivity contribution in [2.45, 2.75) is 45.4 Å². The van der Waals surface area contributed by atoms with Crippen LogP contribution in [0.4, 0.5) is 0 Å². The van der Waals surface area contributed by atoms with E-state index in [0.717, 1.165) is 48.4 Å². The molecule has 0 aromatic heterocycles. The molecule has 4 aliphatic rings. The van der Waals surface area contributed by atoms with Crippen molar-refractivity contribution < 1.29 is 14.3 Å². The summed E-state index contributed by atoms with van der Waals surface area (Å²) in [6.45, 7) is 6.63. The molecule has 0 saturated carbocycles. The molecule has 4 nitrogen and oxygen atoms in total. The average Bonchev–Trinajstić information content (AvgIpc) is 3.01. The Bertz CT molecular complexity index is 1210. The van der Waals surface area contributed by atoms with Gasteiger partial charge in [-0.3, -0.25) is 4.79 Å². The molecular weight excluding hydrogens is 434 g/mol. The molecule has 0 fully saturated rings. The van der Waals surface area contributed by atoms with Gasteiger partial charge in [0.2, 0.25) is 0 Å². The summed E-state index contributed by atoms with van der Waals surface area (Å²) in [5, 5.41) is 0.706. The first kappa shape index (κ1) is 20.9. The van der Waals surface area contributed by atoms with E-state index in [4.69, 9.17) is 21.1 Å².